The maximum absolute atomic E-state index is 12.1. The first-order chi connectivity index (χ1) is 7.86. The molecule has 0 unspecified atom stereocenters. The van der Waals surface area contributed by atoms with E-state index in [9.17, 15) is 4.79 Å². The maximum Gasteiger partial charge on any atom is 0.231 e. The summed E-state index contributed by atoms with van der Waals surface area (Å²) in [6.45, 7) is 0. The van der Waals surface area contributed by atoms with Crippen LogP contribution < -0.4 is 4.90 Å². The zero-order valence-corrected chi connectivity index (χ0v) is 9.48. The molecule has 0 bridgehead atoms. The van der Waals surface area contributed by atoms with Crippen LogP contribution in [0.5, 0.6) is 0 Å². The fourth-order valence-electron chi connectivity index (χ4n) is 3.02. The van der Waals surface area contributed by atoms with Crippen molar-refractivity contribution in [2.75, 3.05) is 4.90 Å². The van der Waals surface area contributed by atoms with Gasteiger partial charge in [-0.25, -0.2) is 0 Å². The maximum atomic E-state index is 12.1. The third-order valence-electron chi connectivity index (χ3n) is 3.80. The summed E-state index contributed by atoms with van der Waals surface area (Å²) < 4.78 is 0. The first-order valence-corrected chi connectivity index (χ1v) is 6.26. The molecule has 2 heteroatoms. The second kappa shape index (κ2) is 3.93. The molecule has 1 aliphatic heterocycles. The van der Waals surface area contributed by atoms with Crippen LogP contribution >= 0.6 is 0 Å². The van der Waals surface area contributed by atoms with Crippen LogP contribution in [-0.2, 0) is 11.2 Å². The van der Waals surface area contributed by atoms with E-state index < -0.39 is 0 Å². The molecule has 1 aliphatic carbocycles. The van der Waals surface area contributed by atoms with Crippen LogP contribution in [0.2, 0.25) is 0 Å². The Balaban J connectivity index is 1.92. The summed E-state index contributed by atoms with van der Waals surface area (Å²) in [5, 5.41) is 0. The molecule has 2 aliphatic rings. The molecule has 0 spiro atoms. The summed E-state index contributed by atoms with van der Waals surface area (Å²) in [6, 6.07) is 8.69. The van der Waals surface area contributed by atoms with Gasteiger partial charge in [-0.2, -0.15) is 0 Å². The number of benzene rings is 1. The molecular formula is C14H17NO. The Morgan fingerprint density at radius 1 is 1.06 bits per heavy atom. The first kappa shape index (κ1) is 9.88. The van der Waals surface area contributed by atoms with Crippen molar-refractivity contribution < 1.29 is 4.79 Å². The summed E-state index contributed by atoms with van der Waals surface area (Å²) in [7, 11) is 0. The topological polar surface area (TPSA) is 20.3 Å². The Morgan fingerprint density at radius 3 is 2.62 bits per heavy atom. The van der Waals surface area contributed by atoms with Crippen LogP contribution in [0.3, 0.4) is 0 Å². The van der Waals surface area contributed by atoms with E-state index in [4.69, 9.17) is 0 Å². The summed E-state index contributed by atoms with van der Waals surface area (Å²) in [5.41, 5.74) is 2.37. The normalized spacial score (nSPS) is 21.2. The van der Waals surface area contributed by atoms with Gasteiger partial charge in [0.2, 0.25) is 5.91 Å². The lowest BCUT2D eigenvalue weighted by Gasteiger charge is -2.31. The smallest absolute Gasteiger partial charge is 0.231 e. The largest absolute Gasteiger partial charge is 0.309 e. The monoisotopic (exact) mass is 215 g/mol. The van der Waals surface area contributed by atoms with Gasteiger partial charge in [0, 0.05) is 11.7 Å². The second-order valence-corrected chi connectivity index (χ2v) is 4.86. The van der Waals surface area contributed by atoms with Crippen molar-refractivity contribution in [1.29, 1.82) is 0 Å². The fraction of sp³-hybridized carbons (Fsp3) is 0.500. The third kappa shape index (κ3) is 1.53. The van der Waals surface area contributed by atoms with Gasteiger partial charge in [0.1, 0.15) is 0 Å². The zero-order valence-electron chi connectivity index (χ0n) is 9.48. The predicted octanol–water partition coefficient (Wildman–Crippen LogP) is 2.91. The molecule has 3 rings (SSSR count). The lowest BCUT2D eigenvalue weighted by Crippen LogP contribution is -2.39. The summed E-state index contributed by atoms with van der Waals surface area (Å²) in [5.74, 6) is 0.299. The number of hydrogen-bond donors (Lipinski definition) is 0. The Labute approximate surface area is 96.3 Å². The van der Waals surface area contributed by atoms with Gasteiger partial charge in [-0.15, -0.1) is 0 Å². The summed E-state index contributed by atoms with van der Waals surface area (Å²) >= 11 is 0. The molecular weight excluding hydrogens is 198 g/mol. The molecule has 84 valence electrons. The number of carbonyl (C=O) groups excluding carboxylic acids is 1. The van der Waals surface area contributed by atoms with Crippen LogP contribution in [0.1, 0.15) is 37.7 Å². The number of amides is 1. The van der Waals surface area contributed by atoms with Gasteiger partial charge in [0.15, 0.2) is 0 Å². The minimum Gasteiger partial charge on any atom is -0.309 e. The number of nitrogens with zero attached hydrogens (tertiary/aromatic N) is 1. The Hall–Kier alpha value is -1.31. The molecule has 0 aromatic heterocycles. The highest BCUT2D eigenvalue weighted by molar-refractivity contribution is 6.01. The molecule has 0 radical (unpaired) electrons. The van der Waals surface area contributed by atoms with E-state index in [1.807, 2.05) is 12.1 Å². The standard InChI is InChI=1S/C14H17NO/c16-14-10-11-6-4-5-9-13(11)15(14)12-7-2-1-3-8-12/h4-6,9,12H,1-3,7-8,10H2. The van der Waals surface area contributed by atoms with Gasteiger partial charge in [0.05, 0.1) is 6.42 Å². The SMILES string of the molecule is O=C1Cc2ccccc2N1C1CCCCC1. The van der Waals surface area contributed by atoms with Crippen LogP contribution in [0.25, 0.3) is 0 Å². The molecule has 1 saturated carbocycles. The lowest BCUT2D eigenvalue weighted by atomic mass is 9.94. The molecule has 1 amide bonds. The first-order valence-electron chi connectivity index (χ1n) is 6.26. The van der Waals surface area contributed by atoms with Crippen molar-refractivity contribution in [2.45, 2.75) is 44.6 Å². The van der Waals surface area contributed by atoms with Crippen LogP contribution in [0, 0.1) is 0 Å². The number of carbonyl (C=O) groups is 1. The molecule has 0 saturated heterocycles. The lowest BCUT2D eigenvalue weighted by molar-refractivity contribution is -0.117. The van der Waals surface area contributed by atoms with Gasteiger partial charge < -0.3 is 4.90 Å². The second-order valence-electron chi connectivity index (χ2n) is 4.86. The summed E-state index contributed by atoms with van der Waals surface area (Å²) in [6.07, 6.45) is 6.85. The van der Waals surface area contributed by atoms with E-state index in [0.29, 0.717) is 18.4 Å². The number of anilines is 1. The molecule has 1 aromatic rings. The Kier molecular flexibility index (Phi) is 2.43. The Bertz CT molecular complexity index is 407. The molecule has 2 nitrogen and oxygen atoms in total. The van der Waals surface area contributed by atoms with Gasteiger partial charge in [-0.1, -0.05) is 37.5 Å². The van der Waals surface area contributed by atoms with E-state index >= 15 is 0 Å². The van der Waals surface area contributed by atoms with Gasteiger partial charge in [-0.3, -0.25) is 4.79 Å². The van der Waals surface area contributed by atoms with Crippen molar-refractivity contribution in [3.8, 4) is 0 Å². The molecule has 1 fully saturated rings. The average molecular weight is 215 g/mol. The molecule has 16 heavy (non-hydrogen) atoms. The van der Waals surface area contributed by atoms with Crippen LogP contribution in [0.4, 0.5) is 5.69 Å². The van der Waals surface area contributed by atoms with E-state index in [-0.39, 0.29) is 0 Å². The van der Waals surface area contributed by atoms with Gasteiger partial charge in [0.25, 0.3) is 0 Å². The molecule has 1 heterocycles. The van der Waals surface area contributed by atoms with E-state index in [0.717, 1.165) is 0 Å². The average Bonchev–Trinajstić information content (AvgIpc) is 2.66. The van der Waals surface area contributed by atoms with Crippen molar-refractivity contribution in [3.05, 3.63) is 29.8 Å². The van der Waals surface area contributed by atoms with Crippen LogP contribution in [0.15, 0.2) is 24.3 Å². The van der Waals surface area contributed by atoms with E-state index in [2.05, 4.69) is 17.0 Å². The molecule has 0 atom stereocenters. The fourth-order valence-corrected chi connectivity index (χ4v) is 3.02. The Morgan fingerprint density at radius 2 is 1.81 bits per heavy atom. The highest BCUT2D eigenvalue weighted by Crippen LogP contribution is 2.34. The van der Waals surface area contributed by atoms with Crippen LogP contribution in [-0.4, -0.2) is 11.9 Å². The zero-order chi connectivity index (χ0) is 11.0. The van der Waals surface area contributed by atoms with Gasteiger partial charge >= 0.3 is 0 Å². The van der Waals surface area contributed by atoms with E-state index in [1.165, 1.54) is 43.4 Å². The quantitative estimate of drug-likeness (QED) is 0.705. The van der Waals surface area contributed by atoms with Crippen molar-refractivity contribution in [3.63, 3.8) is 0 Å². The number of fused-ring (bicyclic) bond motifs is 1. The number of hydrogen-bond acceptors (Lipinski definition) is 1. The highest BCUT2D eigenvalue weighted by atomic mass is 16.2. The highest BCUT2D eigenvalue weighted by Gasteiger charge is 2.32. The number of para-hydroxylation sites is 1. The van der Waals surface area contributed by atoms with Gasteiger partial charge in [-0.05, 0) is 24.5 Å². The molecule has 0 N–H and O–H groups in total. The summed E-state index contributed by atoms with van der Waals surface area (Å²) in [4.78, 5) is 14.1. The van der Waals surface area contributed by atoms with Crippen molar-refractivity contribution in [2.24, 2.45) is 0 Å². The van der Waals surface area contributed by atoms with Crippen molar-refractivity contribution >= 4 is 11.6 Å². The minimum atomic E-state index is 0.299. The predicted molar refractivity (Wildman–Crippen MR) is 64.5 cm³/mol. The van der Waals surface area contributed by atoms with E-state index in [1.54, 1.807) is 0 Å². The number of rotatable bonds is 1. The van der Waals surface area contributed by atoms with Crippen molar-refractivity contribution in [1.82, 2.24) is 0 Å². The third-order valence-corrected chi connectivity index (χ3v) is 3.80. The minimum absolute atomic E-state index is 0.299. The molecule has 1 aromatic carbocycles.